The summed E-state index contributed by atoms with van der Waals surface area (Å²) in [5, 5.41) is 3.02. The van der Waals surface area contributed by atoms with Gasteiger partial charge in [-0.3, -0.25) is 4.79 Å². The highest BCUT2D eigenvalue weighted by atomic mass is 16.2. The SMILES string of the molecule is O=C1CC23C=CC=CC2(C3)N1. The number of allylic oxidation sites excluding steroid dienone is 2. The number of rotatable bonds is 0. The molecule has 0 spiro atoms. The maximum absolute atomic E-state index is 11.1. The van der Waals surface area contributed by atoms with E-state index in [1.165, 1.54) is 0 Å². The molecular weight excluding hydrogens is 138 g/mol. The molecule has 2 unspecified atom stereocenters. The van der Waals surface area contributed by atoms with Gasteiger partial charge >= 0.3 is 0 Å². The summed E-state index contributed by atoms with van der Waals surface area (Å²) < 4.78 is 0. The highest BCUT2D eigenvalue weighted by molar-refractivity contribution is 5.85. The third kappa shape index (κ3) is 0.451. The highest BCUT2D eigenvalue weighted by Crippen LogP contribution is 2.65. The van der Waals surface area contributed by atoms with E-state index < -0.39 is 0 Å². The molecule has 3 rings (SSSR count). The predicted molar refractivity (Wildman–Crippen MR) is 40.8 cm³/mol. The second kappa shape index (κ2) is 1.29. The van der Waals surface area contributed by atoms with Crippen LogP contribution in [0.25, 0.3) is 0 Å². The Hall–Kier alpha value is -1.05. The Balaban J connectivity index is 2.12. The number of hydrogen-bond donors (Lipinski definition) is 1. The topological polar surface area (TPSA) is 29.1 Å². The van der Waals surface area contributed by atoms with E-state index in [0.717, 1.165) is 6.42 Å². The molecule has 0 aromatic carbocycles. The molecule has 0 radical (unpaired) electrons. The summed E-state index contributed by atoms with van der Waals surface area (Å²) in [4.78, 5) is 11.1. The molecule has 1 heterocycles. The molecule has 3 aliphatic rings. The zero-order valence-electron chi connectivity index (χ0n) is 6.13. The van der Waals surface area contributed by atoms with Crippen LogP contribution >= 0.6 is 0 Å². The number of carbonyl (C=O) groups is 1. The third-order valence-corrected chi connectivity index (χ3v) is 3.10. The van der Waals surface area contributed by atoms with Gasteiger partial charge in [-0.15, -0.1) is 0 Å². The summed E-state index contributed by atoms with van der Waals surface area (Å²) in [7, 11) is 0. The van der Waals surface area contributed by atoms with E-state index in [1.807, 2.05) is 12.2 Å². The Morgan fingerprint density at radius 1 is 1.36 bits per heavy atom. The van der Waals surface area contributed by atoms with E-state index in [0.29, 0.717) is 6.42 Å². The molecule has 1 saturated heterocycles. The number of amides is 1. The molecule has 1 saturated carbocycles. The largest absolute Gasteiger partial charge is 0.346 e. The Morgan fingerprint density at radius 3 is 3.00 bits per heavy atom. The van der Waals surface area contributed by atoms with Crippen LogP contribution in [0.1, 0.15) is 12.8 Å². The second-order valence-corrected chi connectivity index (χ2v) is 3.75. The van der Waals surface area contributed by atoms with Crippen LogP contribution in [-0.2, 0) is 4.79 Å². The van der Waals surface area contributed by atoms with Gasteiger partial charge in [0, 0.05) is 11.8 Å². The fraction of sp³-hybridized carbons (Fsp3) is 0.444. The van der Waals surface area contributed by atoms with Crippen molar-refractivity contribution in [2.75, 3.05) is 0 Å². The molecule has 2 atom stereocenters. The van der Waals surface area contributed by atoms with Crippen molar-refractivity contribution in [1.82, 2.24) is 5.32 Å². The standard InChI is InChI=1S/C9H9NO/c11-7-5-8-3-1-2-4-9(8,6-8)10-7/h1-4H,5-6H2,(H,10,11). The lowest BCUT2D eigenvalue weighted by Gasteiger charge is -2.11. The number of nitrogens with one attached hydrogen (secondary N) is 1. The lowest BCUT2D eigenvalue weighted by molar-refractivity contribution is -0.120. The first-order valence-electron chi connectivity index (χ1n) is 3.95. The average molecular weight is 147 g/mol. The minimum Gasteiger partial charge on any atom is -0.346 e. The van der Waals surface area contributed by atoms with E-state index in [1.54, 1.807) is 0 Å². The minimum absolute atomic E-state index is 0.0405. The van der Waals surface area contributed by atoms with Crippen molar-refractivity contribution in [3.8, 4) is 0 Å². The van der Waals surface area contributed by atoms with Gasteiger partial charge in [0.2, 0.25) is 5.91 Å². The van der Waals surface area contributed by atoms with Crippen LogP contribution in [0.15, 0.2) is 24.3 Å². The Bertz CT molecular complexity index is 277. The number of hydrogen-bond acceptors (Lipinski definition) is 1. The van der Waals surface area contributed by atoms with Crippen LogP contribution < -0.4 is 5.32 Å². The minimum atomic E-state index is 0.0405. The fourth-order valence-electron chi connectivity index (χ4n) is 2.41. The van der Waals surface area contributed by atoms with Gasteiger partial charge < -0.3 is 5.32 Å². The van der Waals surface area contributed by atoms with Gasteiger partial charge in [-0.2, -0.15) is 0 Å². The second-order valence-electron chi connectivity index (χ2n) is 3.75. The monoisotopic (exact) mass is 147 g/mol. The molecule has 0 bridgehead atoms. The zero-order valence-corrected chi connectivity index (χ0v) is 6.13. The van der Waals surface area contributed by atoms with Gasteiger partial charge in [-0.1, -0.05) is 24.3 Å². The Labute approximate surface area is 65.0 Å². The summed E-state index contributed by atoms with van der Waals surface area (Å²) in [6, 6.07) is 0. The average Bonchev–Trinajstić information content (AvgIpc) is 2.47. The van der Waals surface area contributed by atoms with E-state index >= 15 is 0 Å². The molecule has 56 valence electrons. The molecule has 0 aromatic rings. The molecule has 2 fully saturated rings. The zero-order chi connectivity index (χ0) is 7.53. The van der Waals surface area contributed by atoms with Crippen LogP contribution in [0.4, 0.5) is 0 Å². The Kier molecular flexibility index (Phi) is 0.654. The smallest absolute Gasteiger partial charge is 0.221 e. The normalized spacial score (nSPS) is 50.0. The maximum Gasteiger partial charge on any atom is 0.221 e. The van der Waals surface area contributed by atoms with Gasteiger partial charge in [0.05, 0.1) is 5.54 Å². The van der Waals surface area contributed by atoms with Gasteiger partial charge in [0.25, 0.3) is 0 Å². The van der Waals surface area contributed by atoms with Crippen LogP contribution in [0.2, 0.25) is 0 Å². The first-order chi connectivity index (χ1) is 5.27. The number of piperidine rings is 1. The molecule has 1 aliphatic heterocycles. The first kappa shape index (κ1) is 5.58. The summed E-state index contributed by atoms with van der Waals surface area (Å²) in [5.41, 5.74) is 0.220. The van der Waals surface area contributed by atoms with Crippen LogP contribution in [0, 0.1) is 5.41 Å². The highest BCUT2D eigenvalue weighted by Gasteiger charge is 2.70. The van der Waals surface area contributed by atoms with E-state index in [4.69, 9.17) is 0 Å². The summed E-state index contributed by atoms with van der Waals surface area (Å²) >= 11 is 0. The molecular formula is C9H9NO. The maximum atomic E-state index is 11.1. The van der Waals surface area contributed by atoms with Crippen LogP contribution in [0.5, 0.6) is 0 Å². The van der Waals surface area contributed by atoms with Crippen LogP contribution in [0.3, 0.4) is 0 Å². The lowest BCUT2D eigenvalue weighted by Crippen LogP contribution is -2.30. The predicted octanol–water partition coefficient (Wildman–Crippen LogP) is 0.761. The van der Waals surface area contributed by atoms with Gasteiger partial charge in [0.1, 0.15) is 0 Å². The van der Waals surface area contributed by atoms with Crippen molar-refractivity contribution in [2.24, 2.45) is 5.41 Å². The van der Waals surface area contributed by atoms with Crippen molar-refractivity contribution in [3.05, 3.63) is 24.3 Å². The molecule has 1 amide bonds. The van der Waals surface area contributed by atoms with E-state index in [-0.39, 0.29) is 16.9 Å². The molecule has 1 N–H and O–H groups in total. The lowest BCUT2D eigenvalue weighted by atomic mass is 9.95. The van der Waals surface area contributed by atoms with Crippen LogP contribution in [-0.4, -0.2) is 11.4 Å². The van der Waals surface area contributed by atoms with E-state index in [9.17, 15) is 4.79 Å². The fourth-order valence-corrected chi connectivity index (χ4v) is 2.41. The summed E-state index contributed by atoms with van der Waals surface area (Å²) in [6.45, 7) is 0. The number of carbonyl (C=O) groups excluding carboxylic acids is 1. The van der Waals surface area contributed by atoms with Crippen molar-refractivity contribution in [3.63, 3.8) is 0 Å². The molecule has 2 nitrogen and oxygen atoms in total. The Morgan fingerprint density at radius 2 is 2.18 bits per heavy atom. The van der Waals surface area contributed by atoms with Gasteiger partial charge in [0.15, 0.2) is 0 Å². The van der Waals surface area contributed by atoms with Gasteiger partial charge in [-0.05, 0) is 6.42 Å². The summed E-state index contributed by atoms with van der Waals surface area (Å²) in [6.07, 6.45) is 10.2. The molecule has 11 heavy (non-hydrogen) atoms. The first-order valence-corrected chi connectivity index (χ1v) is 3.95. The van der Waals surface area contributed by atoms with Crippen molar-refractivity contribution < 1.29 is 4.79 Å². The van der Waals surface area contributed by atoms with Crippen molar-refractivity contribution >= 4 is 5.91 Å². The third-order valence-electron chi connectivity index (χ3n) is 3.10. The van der Waals surface area contributed by atoms with Crippen molar-refractivity contribution in [2.45, 2.75) is 18.4 Å². The molecule has 0 aromatic heterocycles. The van der Waals surface area contributed by atoms with Gasteiger partial charge in [-0.25, -0.2) is 0 Å². The van der Waals surface area contributed by atoms with E-state index in [2.05, 4.69) is 17.5 Å². The quantitative estimate of drug-likeness (QED) is 0.538. The molecule has 2 aliphatic carbocycles. The summed E-state index contributed by atoms with van der Waals surface area (Å²) in [5.74, 6) is 0.201. The van der Waals surface area contributed by atoms with Crippen molar-refractivity contribution in [1.29, 1.82) is 0 Å². The molecule has 2 heteroatoms.